The van der Waals surface area contributed by atoms with Crippen LogP contribution in [0.4, 0.5) is 0 Å². The summed E-state index contributed by atoms with van der Waals surface area (Å²) in [5.41, 5.74) is 1.63. The molecule has 1 aliphatic heterocycles. The lowest BCUT2D eigenvalue weighted by Crippen LogP contribution is -2.31. The van der Waals surface area contributed by atoms with E-state index in [0.29, 0.717) is 28.8 Å². The number of benzene rings is 2. The number of hydrogen-bond acceptors (Lipinski definition) is 3. The average molecular weight is 414 g/mol. The summed E-state index contributed by atoms with van der Waals surface area (Å²) in [4.78, 5) is 0. The second-order valence-corrected chi connectivity index (χ2v) is 9.01. The monoisotopic (exact) mass is 413 g/mol. The highest BCUT2D eigenvalue weighted by Gasteiger charge is 2.35. The van der Waals surface area contributed by atoms with Crippen molar-refractivity contribution in [2.75, 3.05) is 13.2 Å². The number of sulfonamides is 1. The molecule has 0 aliphatic carbocycles. The average Bonchev–Trinajstić information content (AvgIpc) is 3.10. The Morgan fingerprint density at radius 2 is 1.85 bits per heavy atom. The Morgan fingerprint density at radius 3 is 2.50 bits per heavy atom. The quantitative estimate of drug-likeness (QED) is 0.664. The molecule has 0 unspecified atom stereocenters. The van der Waals surface area contributed by atoms with E-state index in [1.165, 1.54) is 0 Å². The third-order valence-corrected chi connectivity index (χ3v) is 7.06. The van der Waals surface area contributed by atoms with Crippen LogP contribution in [0.3, 0.4) is 0 Å². The molecule has 26 heavy (non-hydrogen) atoms. The van der Waals surface area contributed by atoms with Gasteiger partial charge in [0.1, 0.15) is 5.75 Å². The van der Waals surface area contributed by atoms with Crippen LogP contribution in [0.25, 0.3) is 0 Å². The Hall–Kier alpha value is -1.27. The largest absolute Gasteiger partial charge is 0.494 e. The minimum Gasteiger partial charge on any atom is -0.494 e. The fraction of sp³-hybridized carbons (Fsp3) is 0.368. The van der Waals surface area contributed by atoms with Gasteiger partial charge in [-0.3, -0.25) is 0 Å². The van der Waals surface area contributed by atoms with Gasteiger partial charge < -0.3 is 4.74 Å². The van der Waals surface area contributed by atoms with E-state index < -0.39 is 10.0 Å². The van der Waals surface area contributed by atoms with E-state index in [4.69, 9.17) is 27.9 Å². The zero-order valence-electron chi connectivity index (χ0n) is 14.5. The van der Waals surface area contributed by atoms with Gasteiger partial charge in [0.05, 0.1) is 22.4 Å². The topological polar surface area (TPSA) is 46.6 Å². The predicted molar refractivity (Wildman–Crippen MR) is 105 cm³/mol. The third-order valence-electron chi connectivity index (χ3n) is 4.47. The highest BCUT2D eigenvalue weighted by atomic mass is 35.5. The molecule has 7 heteroatoms. The molecule has 1 aliphatic rings. The molecule has 1 heterocycles. The molecular formula is C19H21Cl2NO3S. The van der Waals surface area contributed by atoms with Gasteiger partial charge in [0.15, 0.2) is 0 Å². The minimum atomic E-state index is -3.46. The van der Waals surface area contributed by atoms with Crippen LogP contribution in [0.2, 0.25) is 10.0 Å². The maximum Gasteiger partial charge on any atom is 0.218 e. The number of hydrogen-bond donors (Lipinski definition) is 0. The molecule has 0 saturated carbocycles. The summed E-state index contributed by atoms with van der Waals surface area (Å²) in [6.45, 7) is 3.07. The van der Waals surface area contributed by atoms with E-state index in [1.807, 2.05) is 31.2 Å². The molecule has 4 nitrogen and oxygen atoms in total. The van der Waals surface area contributed by atoms with Crippen molar-refractivity contribution in [1.29, 1.82) is 0 Å². The zero-order chi connectivity index (χ0) is 18.7. The van der Waals surface area contributed by atoms with Crippen molar-refractivity contribution in [2.24, 2.45) is 0 Å². The van der Waals surface area contributed by atoms with Crippen molar-refractivity contribution in [3.8, 4) is 5.75 Å². The van der Waals surface area contributed by atoms with Gasteiger partial charge in [-0.15, -0.1) is 0 Å². The molecule has 1 atom stereocenters. The van der Waals surface area contributed by atoms with Crippen molar-refractivity contribution in [1.82, 2.24) is 4.31 Å². The van der Waals surface area contributed by atoms with E-state index in [1.54, 1.807) is 22.5 Å². The minimum absolute atomic E-state index is 0.0859. The molecule has 2 aromatic rings. The van der Waals surface area contributed by atoms with Crippen LogP contribution in [-0.4, -0.2) is 25.9 Å². The molecule has 1 fully saturated rings. The van der Waals surface area contributed by atoms with E-state index in [9.17, 15) is 8.42 Å². The van der Waals surface area contributed by atoms with E-state index in [-0.39, 0.29) is 11.8 Å². The lowest BCUT2D eigenvalue weighted by atomic mass is 10.1. The van der Waals surface area contributed by atoms with Gasteiger partial charge >= 0.3 is 0 Å². The Balaban J connectivity index is 1.80. The van der Waals surface area contributed by atoms with Gasteiger partial charge in [-0.2, -0.15) is 4.31 Å². The summed E-state index contributed by atoms with van der Waals surface area (Å²) in [5, 5.41) is 0.783. The Kier molecular flexibility index (Phi) is 6.13. The third kappa shape index (κ3) is 4.34. The summed E-state index contributed by atoms with van der Waals surface area (Å²) < 4.78 is 33.0. The molecule has 0 aromatic heterocycles. The van der Waals surface area contributed by atoms with Gasteiger partial charge in [0.25, 0.3) is 0 Å². The fourth-order valence-corrected chi connectivity index (χ4v) is 5.39. The summed E-state index contributed by atoms with van der Waals surface area (Å²) in [5.74, 6) is 0.705. The molecule has 0 spiro atoms. The number of halogens is 2. The fourth-order valence-electron chi connectivity index (χ4n) is 3.28. The van der Waals surface area contributed by atoms with E-state index in [2.05, 4.69) is 0 Å². The number of nitrogens with zero attached hydrogens (tertiary/aromatic N) is 1. The maximum absolute atomic E-state index is 13.0. The van der Waals surface area contributed by atoms with Crippen molar-refractivity contribution in [3.05, 3.63) is 63.6 Å². The molecule has 140 valence electrons. The lowest BCUT2D eigenvalue weighted by molar-refractivity contribution is 0.339. The van der Waals surface area contributed by atoms with Crippen LogP contribution in [0.15, 0.2) is 42.5 Å². The highest BCUT2D eigenvalue weighted by molar-refractivity contribution is 7.88. The zero-order valence-corrected chi connectivity index (χ0v) is 16.8. The molecule has 0 amide bonds. The van der Waals surface area contributed by atoms with Crippen LogP contribution in [0.1, 0.15) is 36.9 Å². The molecule has 3 rings (SSSR count). The van der Waals surface area contributed by atoms with Gasteiger partial charge in [0, 0.05) is 12.6 Å². The SMILES string of the molecule is CCOc1ccc([C@H]2CCCN2S(=O)(=O)Cc2ccc(Cl)c(Cl)c2)cc1. The van der Waals surface area contributed by atoms with Gasteiger partial charge in [-0.05, 0) is 55.2 Å². The van der Waals surface area contributed by atoms with Crippen LogP contribution in [0.5, 0.6) is 5.75 Å². The second kappa shape index (κ2) is 8.17. The molecule has 0 bridgehead atoms. The van der Waals surface area contributed by atoms with Gasteiger partial charge in [0.2, 0.25) is 10.0 Å². The summed E-state index contributed by atoms with van der Waals surface area (Å²) in [6.07, 6.45) is 1.66. The van der Waals surface area contributed by atoms with E-state index in [0.717, 1.165) is 24.2 Å². The molecular weight excluding hydrogens is 393 g/mol. The molecule has 2 aromatic carbocycles. The van der Waals surface area contributed by atoms with Crippen molar-refractivity contribution in [3.63, 3.8) is 0 Å². The Morgan fingerprint density at radius 1 is 1.12 bits per heavy atom. The highest BCUT2D eigenvalue weighted by Crippen LogP contribution is 2.36. The lowest BCUT2D eigenvalue weighted by Gasteiger charge is -2.24. The predicted octanol–water partition coefficient (Wildman–Crippen LogP) is 5.06. The van der Waals surface area contributed by atoms with E-state index >= 15 is 0 Å². The number of ether oxygens (including phenoxy) is 1. The summed E-state index contributed by atoms with van der Waals surface area (Å²) in [7, 11) is -3.46. The second-order valence-electron chi connectivity index (χ2n) is 6.28. The normalized spacial score (nSPS) is 18.2. The summed E-state index contributed by atoms with van der Waals surface area (Å²) >= 11 is 11.9. The van der Waals surface area contributed by atoms with Crippen molar-refractivity contribution < 1.29 is 13.2 Å². The van der Waals surface area contributed by atoms with Crippen molar-refractivity contribution >= 4 is 33.2 Å². The van der Waals surface area contributed by atoms with Crippen molar-refractivity contribution in [2.45, 2.75) is 31.6 Å². The van der Waals surface area contributed by atoms with Gasteiger partial charge in [-0.1, -0.05) is 41.4 Å². The van der Waals surface area contributed by atoms with Crippen LogP contribution in [-0.2, 0) is 15.8 Å². The number of rotatable bonds is 6. The molecule has 1 saturated heterocycles. The van der Waals surface area contributed by atoms with Crippen LogP contribution < -0.4 is 4.74 Å². The standard InChI is InChI=1S/C19H21Cl2NO3S/c1-2-25-16-8-6-15(7-9-16)19-4-3-11-22(19)26(23,24)13-14-5-10-17(20)18(21)12-14/h5-10,12,19H,2-4,11,13H2,1H3/t19-/m1/s1. The smallest absolute Gasteiger partial charge is 0.218 e. The Labute approximate surface area is 164 Å². The first-order valence-electron chi connectivity index (χ1n) is 8.57. The first-order chi connectivity index (χ1) is 12.4. The van der Waals surface area contributed by atoms with Gasteiger partial charge in [-0.25, -0.2) is 8.42 Å². The van der Waals surface area contributed by atoms with Crippen LogP contribution in [0, 0.1) is 0 Å². The Bertz CT molecular complexity index is 869. The first-order valence-corrected chi connectivity index (χ1v) is 10.9. The summed E-state index contributed by atoms with van der Waals surface area (Å²) in [6, 6.07) is 12.5. The molecule has 0 N–H and O–H groups in total. The first kappa shape index (κ1) is 19.5. The molecule has 0 radical (unpaired) electrons. The maximum atomic E-state index is 13.0. The van der Waals surface area contributed by atoms with Crippen LogP contribution >= 0.6 is 23.2 Å².